The normalized spacial score (nSPS) is 14.0. The van der Waals surface area contributed by atoms with Crippen LogP contribution in [0.2, 0.25) is 0 Å². The Hall–Kier alpha value is -2.67. The third kappa shape index (κ3) is 3.48. The average molecular weight is 367 g/mol. The van der Waals surface area contributed by atoms with E-state index in [2.05, 4.69) is 38.5 Å². The fraction of sp³-hybridized carbons (Fsp3) is 0.316. The van der Waals surface area contributed by atoms with Crippen molar-refractivity contribution < 1.29 is 4.79 Å². The van der Waals surface area contributed by atoms with E-state index in [4.69, 9.17) is 0 Å². The molecule has 3 heterocycles. The van der Waals surface area contributed by atoms with Gasteiger partial charge >= 0.3 is 0 Å². The van der Waals surface area contributed by atoms with E-state index in [9.17, 15) is 4.79 Å². The second kappa shape index (κ2) is 7.29. The number of nitrogens with zero attached hydrogens (tertiary/aromatic N) is 4. The van der Waals surface area contributed by atoms with Crippen LogP contribution in [0.4, 0.5) is 5.69 Å². The van der Waals surface area contributed by atoms with Crippen LogP contribution in [0.3, 0.4) is 0 Å². The summed E-state index contributed by atoms with van der Waals surface area (Å²) in [5.74, 6) is -0.146. The summed E-state index contributed by atoms with van der Waals surface area (Å²) in [6.45, 7) is 2.68. The van der Waals surface area contributed by atoms with E-state index in [1.54, 1.807) is 16.3 Å². The molecule has 0 aliphatic carbocycles. The maximum Gasteiger partial charge on any atom is 0.271 e. The molecular formula is C19H21N5OS. The van der Waals surface area contributed by atoms with Gasteiger partial charge in [-0.2, -0.15) is 5.10 Å². The molecule has 1 aromatic carbocycles. The number of carbonyl (C=O) groups is 1. The highest BCUT2D eigenvalue weighted by Crippen LogP contribution is 2.25. The first-order valence-electron chi connectivity index (χ1n) is 8.76. The molecule has 1 aliphatic heterocycles. The standard InChI is InChI=1S/C19H21N5OS/c1-23-12-15(11-21-23)19-22-16(13-26-19)18(25)20-10-14-6-2-3-7-17(14)24-8-4-5-9-24/h2-3,6-7,11-13H,4-5,8-10H2,1H3,(H,20,25). The molecule has 1 aliphatic rings. The molecule has 3 aromatic rings. The summed E-state index contributed by atoms with van der Waals surface area (Å²) in [5.41, 5.74) is 3.74. The van der Waals surface area contributed by atoms with Crippen LogP contribution in [0.5, 0.6) is 0 Å². The number of carbonyl (C=O) groups excluding carboxylic acids is 1. The Bertz CT molecular complexity index is 910. The van der Waals surface area contributed by atoms with Crippen molar-refractivity contribution in [3.05, 3.63) is 53.3 Å². The molecule has 1 N–H and O–H groups in total. The van der Waals surface area contributed by atoms with Gasteiger partial charge in [-0.25, -0.2) is 4.98 Å². The Kier molecular flexibility index (Phi) is 4.71. The zero-order valence-electron chi connectivity index (χ0n) is 14.7. The van der Waals surface area contributed by atoms with Crippen molar-refractivity contribution in [2.45, 2.75) is 19.4 Å². The Balaban J connectivity index is 1.44. The molecule has 7 heteroatoms. The van der Waals surface area contributed by atoms with Crippen LogP contribution in [0, 0.1) is 0 Å². The molecule has 0 bridgehead atoms. The van der Waals surface area contributed by atoms with Crippen molar-refractivity contribution in [3.63, 3.8) is 0 Å². The highest BCUT2D eigenvalue weighted by molar-refractivity contribution is 7.13. The van der Waals surface area contributed by atoms with Crippen LogP contribution in [0.15, 0.2) is 42.0 Å². The second-order valence-electron chi connectivity index (χ2n) is 6.45. The van der Waals surface area contributed by atoms with Crippen molar-refractivity contribution in [2.75, 3.05) is 18.0 Å². The quantitative estimate of drug-likeness (QED) is 0.753. The van der Waals surface area contributed by atoms with Gasteiger partial charge in [0.05, 0.1) is 6.20 Å². The summed E-state index contributed by atoms with van der Waals surface area (Å²) < 4.78 is 1.73. The second-order valence-corrected chi connectivity index (χ2v) is 7.30. The highest BCUT2D eigenvalue weighted by Gasteiger charge is 2.17. The van der Waals surface area contributed by atoms with Crippen molar-refractivity contribution >= 4 is 22.9 Å². The van der Waals surface area contributed by atoms with Gasteiger partial charge in [-0.3, -0.25) is 9.48 Å². The van der Waals surface area contributed by atoms with Crippen LogP contribution < -0.4 is 10.2 Å². The fourth-order valence-corrected chi connectivity index (χ4v) is 4.01. The molecule has 0 radical (unpaired) electrons. The summed E-state index contributed by atoms with van der Waals surface area (Å²) in [6.07, 6.45) is 6.12. The van der Waals surface area contributed by atoms with Crippen molar-refractivity contribution in [1.29, 1.82) is 0 Å². The summed E-state index contributed by atoms with van der Waals surface area (Å²) in [4.78, 5) is 19.3. The molecule has 4 rings (SSSR count). The molecule has 0 atom stereocenters. The monoisotopic (exact) mass is 367 g/mol. The Morgan fingerprint density at radius 1 is 1.27 bits per heavy atom. The lowest BCUT2D eigenvalue weighted by Crippen LogP contribution is -2.25. The lowest BCUT2D eigenvalue weighted by molar-refractivity contribution is 0.0947. The molecular weight excluding hydrogens is 346 g/mol. The number of aryl methyl sites for hydroxylation is 1. The van der Waals surface area contributed by atoms with Crippen LogP contribution in [-0.2, 0) is 13.6 Å². The SMILES string of the molecule is Cn1cc(-c2nc(C(=O)NCc3ccccc3N3CCCC3)cs2)cn1. The number of nitrogens with one attached hydrogen (secondary N) is 1. The van der Waals surface area contributed by atoms with E-state index in [0.29, 0.717) is 12.2 Å². The Morgan fingerprint density at radius 2 is 2.08 bits per heavy atom. The van der Waals surface area contributed by atoms with Crippen molar-refractivity contribution in [2.24, 2.45) is 7.05 Å². The molecule has 0 spiro atoms. The molecule has 1 amide bonds. The van der Waals surface area contributed by atoms with Crippen LogP contribution in [0.1, 0.15) is 28.9 Å². The van der Waals surface area contributed by atoms with Gasteiger partial charge in [-0.15, -0.1) is 11.3 Å². The number of aromatic nitrogens is 3. The van der Waals surface area contributed by atoms with E-state index in [1.807, 2.05) is 19.3 Å². The predicted molar refractivity (Wildman–Crippen MR) is 103 cm³/mol. The van der Waals surface area contributed by atoms with Crippen LogP contribution in [0.25, 0.3) is 10.6 Å². The van der Waals surface area contributed by atoms with Crippen LogP contribution in [-0.4, -0.2) is 33.8 Å². The van der Waals surface area contributed by atoms with E-state index in [-0.39, 0.29) is 5.91 Å². The topological polar surface area (TPSA) is 63.1 Å². The van der Waals surface area contributed by atoms with Gasteiger partial charge in [0.25, 0.3) is 5.91 Å². The molecule has 0 saturated carbocycles. The zero-order valence-corrected chi connectivity index (χ0v) is 15.5. The van der Waals surface area contributed by atoms with E-state index < -0.39 is 0 Å². The largest absolute Gasteiger partial charge is 0.371 e. The minimum atomic E-state index is -0.146. The van der Waals surface area contributed by atoms with Gasteiger partial charge in [0, 0.05) is 49.5 Å². The molecule has 26 heavy (non-hydrogen) atoms. The first kappa shape index (κ1) is 16.8. The summed E-state index contributed by atoms with van der Waals surface area (Å²) in [7, 11) is 1.86. The van der Waals surface area contributed by atoms with Crippen molar-refractivity contribution in [1.82, 2.24) is 20.1 Å². The summed E-state index contributed by atoms with van der Waals surface area (Å²) >= 11 is 1.46. The third-order valence-electron chi connectivity index (χ3n) is 4.57. The number of para-hydroxylation sites is 1. The maximum absolute atomic E-state index is 12.5. The van der Waals surface area contributed by atoms with Gasteiger partial charge in [-0.1, -0.05) is 18.2 Å². The number of hydrogen-bond donors (Lipinski definition) is 1. The summed E-state index contributed by atoms with van der Waals surface area (Å²) in [6, 6.07) is 8.29. The first-order chi connectivity index (χ1) is 12.7. The third-order valence-corrected chi connectivity index (χ3v) is 5.46. The molecule has 1 saturated heterocycles. The number of rotatable bonds is 5. The Labute approximate surface area is 156 Å². The van der Waals surface area contributed by atoms with Crippen molar-refractivity contribution in [3.8, 4) is 10.6 Å². The van der Waals surface area contributed by atoms with E-state index in [0.717, 1.165) is 29.2 Å². The maximum atomic E-state index is 12.5. The summed E-state index contributed by atoms with van der Waals surface area (Å²) in [5, 5.41) is 9.76. The first-order valence-corrected chi connectivity index (χ1v) is 9.64. The predicted octanol–water partition coefficient (Wildman–Crippen LogP) is 3.07. The lowest BCUT2D eigenvalue weighted by atomic mass is 10.1. The van der Waals surface area contributed by atoms with Gasteiger partial charge < -0.3 is 10.2 Å². The van der Waals surface area contributed by atoms with Gasteiger partial charge in [-0.05, 0) is 24.5 Å². The molecule has 6 nitrogen and oxygen atoms in total. The number of benzene rings is 1. The molecule has 134 valence electrons. The minimum Gasteiger partial charge on any atom is -0.371 e. The van der Waals surface area contributed by atoms with E-state index in [1.165, 1.54) is 29.9 Å². The molecule has 2 aromatic heterocycles. The van der Waals surface area contributed by atoms with E-state index >= 15 is 0 Å². The fourth-order valence-electron chi connectivity index (χ4n) is 3.24. The number of amides is 1. The number of hydrogen-bond acceptors (Lipinski definition) is 5. The number of thiazole rings is 1. The van der Waals surface area contributed by atoms with Gasteiger partial charge in [0.1, 0.15) is 10.7 Å². The van der Waals surface area contributed by atoms with Crippen LogP contribution >= 0.6 is 11.3 Å². The average Bonchev–Trinajstić information content (AvgIpc) is 3.40. The minimum absolute atomic E-state index is 0.146. The molecule has 0 unspecified atom stereocenters. The van der Waals surface area contributed by atoms with Gasteiger partial charge in [0.2, 0.25) is 0 Å². The highest BCUT2D eigenvalue weighted by atomic mass is 32.1. The van der Waals surface area contributed by atoms with Gasteiger partial charge in [0.15, 0.2) is 0 Å². The molecule has 1 fully saturated rings. The zero-order chi connectivity index (χ0) is 17.9. The smallest absolute Gasteiger partial charge is 0.271 e. The Morgan fingerprint density at radius 3 is 2.85 bits per heavy atom. The number of anilines is 1. The lowest BCUT2D eigenvalue weighted by Gasteiger charge is -2.21.